The van der Waals surface area contributed by atoms with Gasteiger partial charge in [0.05, 0.1) is 12.1 Å². The number of hydrogen-bond donors (Lipinski definition) is 1. The van der Waals surface area contributed by atoms with Crippen LogP contribution in [0, 0.1) is 26.6 Å². The minimum absolute atomic E-state index is 0.102. The average molecular weight is 407 g/mol. The summed E-state index contributed by atoms with van der Waals surface area (Å²) in [6.45, 7) is 5.76. The van der Waals surface area contributed by atoms with E-state index in [-0.39, 0.29) is 18.4 Å². The van der Waals surface area contributed by atoms with Crippen molar-refractivity contribution in [3.8, 4) is 0 Å². The minimum Gasteiger partial charge on any atom is -0.332 e. The topological polar surface area (TPSA) is 49.4 Å². The molecule has 0 aliphatic rings. The van der Waals surface area contributed by atoms with E-state index in [0.717, 1.165) is 22.4 Å². The summed E-state index contributed by atoms with van der Waals surface area (Å²) >= 11 is 3.17. The molecule has 0 heterocycles. The molecule has 6 heteroatoms. The molecule has 0 saturated heterocycles. The highest BCUT2D eigenvalue weighted by Crippen LogP contribution is 2.22. The number of rotatable bonds is 4. The molecule has 25 heavy (non-hydrogen) atoms. The highest BCUT2D eigenvalue weighted by atomic mass is 79.9. The molecule has 2 amide bonds. The van der Waals surface area contributed by atoms with Crippen molar-refractivity contribution >= 4 is 33.4 Å². The van der Waals surface area contributed by atoms with Crippen molar-refractivity contribution in [1.29, 1.82) is 0 Å². The van der Waals surface area contributed by atoms with Crippen molar-refractivity contribution in [1.82, 2.24) is 4.90 Å². The Morgan fingerprint density at radius 3 is 2.28 bits per heavy atom. The van der Waals surface area contributed by atoms with Crippen LogP contribution in [0.4, 0.5) is 10.1 Å². The molecule has 0 atom stereocenters. The van der Waals surface area contributed by atoms with Crippen LogP contribution >= 0.6 is 15.9 Å². The Bertz CT molecular complexity index is 813. The first-order valence-electron chi connectivity index (χ1n) is 7.77. The molecule has 0 radical (unpaired) electrons. The number of nitrogens with zero attached hydrogens (tertiary/aromatic N) is 1. The second-order valence-electron chi connectivity index (χ2n) is 6.11. The summed E-state index contributed by atoms with van der Waals surface area (Å²) in [6, 6.07) is 7.82. The van der Waals surface area contributed by atoms with E-state index in [0.29, 0.717) is 10.0 Å². The Hall–Kier alpha value is -2.21. The Balaban J connectivity index is 2.09. The molecule has 0 aliphatic heterocycles. The maximum absolute atomic E-state index is 13.1. The predicted octanol–water partition coefficient (Wildman–Crippen LogP) is 4.22. The van der Waals surface area contributed by atoms with Crippen LogP contribution in [0.25, 0.3) is 0 Å². The molecule has 0 saturated carbocycles. The van der Waals surface area contributed by atoms with E-state index in [1.165, 1.54) is 30.1 Å². The van der Waals surface area contributed by atoms with Crippen molar-refractivity contribution in [2.45, 2.75) is 20.8 Å². The summed E-state index contributed by atoms with van der Waals surface area (Å²) in [5, 5.41) is 2.86. The molecule has 2 rings (SSSR count). The first-order valence-corrected chi connectivity index (χ1v) is 8.56. The number of carbonyl (C=O) groups excluding carboxylic acids is 2. The zero-order chi connectivity index (χ0) is 18.7. The summed E-state index contributed by atoms with van der Waals surface area (Å²) < 4.78 is 13.5. The standard InChI is InChI=1S/C19H20BrFN2O2/c1-11-7-12(2)18(13(3)8-11)22-17(24)10-23(4)19(25)15-6-5-14(21)9-16(15)20/h5-9H,10H2,1-4H3,(H,22,24). The third-order valence-corrected chi connectivity index (χ3v) is 4.49. The van der Waals surface area contributed by atoms with Crippen molar-refractivity contribution in [3.63, 3.8) is 0 Å². The lowest BCUT2D eigenvalue weighted by atomic mass is 10.1. The van der Waals surface area contributed by atoms with E-state index in [9.17, 15) is 14.0 Å². The quantitative estimate of drug-likeness (QED) is 0.825. The van der Waals surface area contributed by atoms with Crippen molar-refractivity contribution in [2.24, 2.45) is 0 Å². The van der Waals surface area contributed by atoms with Crippen LogP contribution in [0.5, 0.6) is 0 Å². The zero-order valence-electron chi connectivity index (χ0n) is 14.6. The van der Waals surface area contributed by atoms with Gasteiger partial charge in [-0.05, 0) is 66.0 Å². The van der Waals surface area contributed by atoms with Crippen molar-refractivity contribution in [3.05, 3.63) is 62.9 Å². The highest BCUT2D eigenvalue weighted by molar-refractivity contribution is 9.10. The molecule has 0 bridgehead atoms. The maximum atomic E-state index is 13.1. The molecule has 1 N–H and O–H groups in total. The lowest BCUT2D eigenvalue weighted by Gasteiger charge is -2.19. The molecule has 0 fully saturated rings. The summed E-state index contributed by atoms with van der Waals surface area (Å²) in [4.78, 5) is 26.0. The molecule has 0 aromatic heterocycles. The fourth-order valence-electron chi connectivity index (χ4n) is 2.71. The van der Waals surface area contributed by atoms with Gasteiger partial charge < -0.3 is 10.2 Å². The summed E-state index contributed by atoms with van der Waals surface area (Å²) in [7, 11) is 1.53. The van der Waals surface area contributed by atoms with Crippen LogP contribution in [-0.4, -0.2) is 30.3 Å². The van der Waals surface area contributed by atoms with Crippen LogP contribution < -0.4 is 5.32 Å². The largest absolute Gasteiger partial charge is 0.332 e. The van der Waals surface area contributed by atoms with Gasteiger partial charge in [-0.1, -0.05) is 17.7 Å². The van der Waals surface area contributed by atoms with E-state index in [1.807, 2.05) is 32.9 Å². The molecule has 2 aromatic rings. The third-order valence-electron chi connectivity index (χ3n) is 3.83. The number of carbonyl (C=O) groups is 2. The molecular formula is C19H20BrFN2O2. The van der Waals surface area contributed by atoms with Crippen molar-refractivity contribution < 1.29 is 14.0 Å². The molecule has 2 aromatic carbocycles. The summed E-state index contributed by atoms with van der Waals surface area (Å²) in [5.74, 6) is -1.09. The zero-order valence-corrected chi connectivity index (χ0v) is 16.2. The van der Waals surface area contributed by atoms with Crippen LogP contribution in [0.15, 0.2) is 34.8 Å². The monoisotopic (exact) mass is 406 g/mol. The van der Waals surface area contributed by atoms with Gasteiger partial charge in [-0.25, -0.2) is 4.39 Å². The fourth-order valence-corrected chi connectivity index (χ4v) is 3.23. The lowest BCUT2D eigenvalue weighted by molar-refractivity contribution is -0.116. The Kier molecular flexibility index (Phi) is 5.95. The normalized spacial score (nSPS) is 10.5. The molecule has 0 aliphatic carbocycles. The van der Waals surface area contributed by atoms with Gasteiger partial charge in [-0.2, -0.15) is 0 Å². The van der Waals surface area contributed by atoms with Gasteiger partial charge in [-0.15, -0.1) is 0 Å². The van der Waals surface area contributed by atoms with E-state index < -0.39 is 5.82 Å². The van der Waals surface area contributed by atoms with Gasteiger partial charge in [0.25, 0.3) is 5.91 Å². The predicted molar refractivity (Wildman–Crippen MR) is 100 cm³/mol. The minimum atomic E-state index is -0.436. The average Bonchev–Trinajstić information content (AvgIpc) is 2.50. The van der Waals surface area contributed by atoms with Gasteiger partial charge in [-0.3, -0.25) is 9.59 Å². The number of halogens is 2. The number of nitrogens with one attached hydrogen (secondary N) is 1. The number of hydrogen-bond acceptors (Lipinski definition) is 2. The molecule has 0 unspecified atom stereocenters. The van der Waals surface area contributed by atoms with E-state index >= 15 is 0 Å². The number of amides is 2. The van der Waals surface area contributed by atoms with Crippen LogP contribution in [0.2, 0.25) is 0 Å². The van der Waals surface area contributed by atoms with E-state index in [4.69, 9.17) is 0 Å². The smallest absolute Gasteiger partial charge is 0.255 e. The van der Waals surface area contributed by atoms with Gasteiger partial charge >= 0.3 is 0 Å². The highest BCUT2D eigenvalue weighted by Gasteiger charge is 2.18. The first-order chi connectivity index (χ1) is 11.7. The SMILES string of the molecule is Cc1cc(C)c(NC(=O)CN(C)C(=O)c2ccc(F)cc2Br)c(C)c1. The first kappa shape index (κ1) is 19.1. The number of anilines is 1. The lowest BCUT2D eigenvalue weighted by Crippen LogP contribution is -2.35. The molecule has 132 valence electrons. The number of aryl methyl sites for hydroxylation is 3. The maximum Gasteiger partial charge on any atom is 0.255 e. The molecule has 4 nitrogen and oxygen atoms in total. The third kappa shape index (κ3) is 4.66. The van der Waals surface area contributed by atoms with Gasteiger partial charge in [0.1, 0.15) is 5.82 Å². The van der Waals surface area contributed by atoms with Gasteiger partial charge in [0.2, 0.25) is 5.91 Å². The Morgan fingerprint density at radius 2 is 1.72 bits per heavy atom. The van der Waals surface area contributed by atoms with E-state index in [2.05, 4.69) is 21.2 Å². The Morgan fingerprint density at radius 1 is 1.12 bits per heavy atom. The van der Waals surface area contributed by atoms with Gasteiger partial charge in [0.15, 0.2) is 0 Å². The van der Waals surface area contributed by atoms with Crippen LogP contribution in [-0.2, 0) is 4.79 Å². The van der Waals surface area contributed by atoms with Crippen LogP contribution in [0.1, 0.15) is 27.0 Å². The molecular weight excluding hydrogens is 387 g/mol. The Labute approximate surface area is 155 Å². The fraction of sp³-hybridized carbons (Fsp3) is 0.263. The summed E-state index contributed by atoms with van der Waals surface area (Å²) in [6.07, 6.45) is 0. The van der Waals surface area contributed by atoms with Crippen molar-refractivity contribution in [2.75, 3.05) is 18.9 Å². The van der Waals surface area contributed by atoms with Gasteiger partial charge in [0, 0.05) is 17.2 Å². The second kappa shape index (κ2) is 7.78. The van der Waals surface area contributed by atoms with Crippen LogP contribution in [0.3, 0.4) is 0 Å². The number of benzene rings is 2. The van der Waals surface area contributed by atoms with E-state index in [1.54, 1.807) is 0 Å². The summed E-state index contributed by atoms with van der Waals surface area (Å²) in [5.41, 5.74) is 4.14. The molecule has 0 spiro atoms. The number of likely N-dealkylation sites (N-methyl/N-ethyl adjacent to an activating group) is 1. The second-order valence-corrected chi connectivity index (χ2v) is 6.96.